The Hall–Kier alpha value is -5.49. The average Bonchev–Trinajstić information content (AvgIpc) is 3.67. The van der Waals surface area contributed by atoms with Gasteiger partial charge < -0.3 is 27.6 Å². The summed E-state index contributed by atoms with van der Waals surface area (Å²) < 4.78 is 29.3. The van der Waals surface area contributed by atoms with Crippen LogP contribution in [0.4, 0.5) is 0 Å². The monoisotopic (exact) mass is 578 g/mol. The number of hydrogen-bond donors (Lipinski definition) is 0. The van der Waals surface area contributed by atoms with Gasteiger partial charge in [0, 0.05) is 24.3 Å². The van der Waals surface area contributed by atoms with Crippen LogP contribution in [-0.2, 0) is 0 Å². The molecule has 6 aromatic rings. The van der Waals surface area contributed by atoms with E-state index in [4.69, 9.17) is 18.6 Å². The third-order valence-corrected chi connectivity index (χ3v) is 8.11. The summed E-state index contributed by atoms with van der Waals surface area (Å²) >= 11 is 0. The summed E-state index contributed by atoms with van der Waals surface area (Å²) in [6, 6.07) is 44.0. The van der Waals surface area contributed by atoms with Crippen molar-refractivity contribution in [2.45, 2.75) is 13.8 Å². The predicted octanol–water partition coefficient (Wildman–Crippen LogP) is 4.90. The lowest BCUT2D eigenvalue weighted by atomic mass is 9.63. The molecule has 0 amide bonds. The van der Waals surface area contributed by atoms with Crippen LogP contribution >= 0.6 is 0 Å². The van der Waals surface area contributed by atoms with E-state index in [1.54, 1.807) is 0 Å². The van der Waals surface area contributed by atoms with Crippen LogP contribution in [0.15, 0.2) is 158 Å². The lowest BCUT2D eigenvalue weighted by Crippen LogP contribution is -2.77. The molecule has 0 saturated carbocycles. The van der Waals surface area contributed by atoms with E-state index >= 15 is 0 Å². The quantitative estimate of drug-likeness (QED) is 0.280. The topological polar surface area (TPSA) is 44.7 Å². The Morgan fingerprint density at radius 1 is 0.364 bits per heavy atom. The number of nitrogens with zero attached hydrogens (tertiary/aromatic N) is 2. The second-order valence-corrected chi connectivity index (χ2v) is 11.2. The Balaban J connectivity index is 0.000000142. The maximum absolute atomic E-state index is 6.31. The standard InChI is InChI=1S/2C18H16BNO2/c2*1-15-11-13-20(14-12-15)19(16-7-3-2-4-8-16)21-17-9-5-6-10-18(17)22-19/h2*2-14H,1H3. The third kappa shape index (κ3) is 4.94. The van der Waals surface area contributed by atoms with Crippen LogP contribution in [-0.4, -0.2) is 13.4 Å². The molecule has 0 atom stereocenters. The van der Waals surface area contributed by atoms with Crippen LogP contribution in [0.1, 0.15) is 11.1 Å². The van der Waals surface area contributed by atoms with Crippen LogP contribution in [0.3, 0.4) is 0 Å². The van der Waals surface area contributed by atoms with Gasteiger partial charge in [0.1, 0.15) is 47.8 Å². The fourth-order valence-corrected chi connectivity index (χ4v) is 5.76. The van der Waals surface area contributed by atoms with Gasteiger partial charge in [-0.2, -0.15) is 0 Å². The van der Waals surface area contributed by atoms with E-state index in [2.05, 4.69) is 38.1 Å². The Morgan fingerprint density at radius 2 is 0.636 bits per heavy atom. The van der Waals surface area contributed by atoms with Gasteiger partial charge in [-0.1, -0.05) is 84.9 Å². The molecule has 2 aliphatic rings. The Kier molecular flexibility index (Phi) is 7.03. The molecule has 8 heteroatoms. The highest BCUT2D eigenvalue weighted by Crippen LogP contribution is 2.36. The first-order valence-corrected chi connectivity index (χ1v) is 14.8. The fourth-order valence-electron chi connectivity index (χ4n) is 5.76. The molecular formula is C36H32B2N2O4. The molecule has 0 bridgehead atoms. The summed E-state index contributed by atoms with van der Waals surface area (Å²) in [4.78, 5) is 0. The van der Waals surface area contributed by atoms with Gasteiger partial charge in [0.2, 0.25) is 0 Å². The van der Waals surface area contributed by atoms with Crippen molar-refractivity contribution < 1.29 is 27.6 Å². The summed E-state index contributed by atoms with van der Waals surface area (Å²) in [6.45, 7) is 0.517. The van der Waals surface area contributed by atoms with Crippen LogP contribution in [0.2, 0.25) is 0 Å². The van der Waals surface area contributed by atoms with Crippen LogP contribution < -0.4 is 38.5 Å². The molecule has 4 aromatic carbocycles. The lowest BCUT2D eigenvalue weighted by Gasteiger charge is -2.28. The van der Waals surface area contributed by atoms with E-state index in [0.29, 0.717) is 0 Å². The second kappa shape index (κ2) is 11.3. The number of aromatic nitrogens is 2. The molecule has 6 nitrogen and oxygen atoms in total. The van der Waals surface area contributed by atoms with Gasteiger partial charge in [-0.15, -0.1) is 0 Å². The molecule has 0 saturated heterocycles. The number of para-hydroxylation sites is 4. The first-order valence-electron chi connectivity index (χ1n) is 14.8. The Morgan fingerprint density at radius 3 is 0.932 bits per heavy atom. The molecule has 0 unspecified atom stereocenters. The van der Waals surface area contributed by atoms with E-state index in [9.17, 15) is 0 Å². The molecule has 2 aliphatic heterocycles. The van der Waals surface area contributed by atoms with Gasteiger partial charge in [-0.25, -0.2) is 0 Å². The molecule has 0 N–H and O–H groups in total. The van der Waals surface area contributed by atoms with Crippen molar-refractivity contribution in [3.05, 3.63) is 169 Å². The van der Waals surface area contributed by atoms with Crippen molar-refractivity contribution in [3.8, 4) is 23.0 Å². The third-order valence-electron chi connectivity index (χ3n) is 8.11. The minimum atomic E-state index is -1.81. The van der Waals surface area contributed by atoms with Gasteiger partial charge in [0.25, 0.3) is 0 Å². The van der Waals surface area contributed by atoms with E-state index in [1.807, 2.05) is 143 Å². The van der Waals surface area contributed by atoms with Crippen molar-refractivity contribution in [1.82, 2.24) is 0 Å². The van der Waals surface area contributed by atoms with Crippen molar-refractivity contribution in [2.24, 2.45) is 0 Å². The van der Waals surface area contributed by atoms with Crippen molar-refractivity contribution >= 4 is 24.3 Å². The van der Waals surface area contributed by atoms with Gasteiger partial charge in [0.05, 0.1) is 0 Å². The Bertz CT molecular complexity index is 1700. The number of rotatable bonds is 4. The summed E-state index contributed by atoms with van der Waals surface area (Å²) in [7, 11) is 0. The number of hydrogen-bond acceptors (Lipinski definition) is 4. The number of benzene rings is 4. The zero-order valence-electron chi connectivity index (χ0n) is 24.7. The van der Waals surface area contributed by atoms with E-state index in [-0.39, 0.29) is 0 Å². The number of pyridine rings is 2. The Labute approximate surface area is 257 Å². The number of aryl methyl sites for hydroxylation is 2. The summed E-state index contributed by atoms with van der Waals surface area (Å²) in [5.74, 6) is 3.11. The predicted molar refractivity (Wildman–Crippen MR) is 173 cm³/mol. The molecular weight excluding hydrogens is 546 g/mol. The minimum absolute atomic E-state index is 0.777. The normalized spacial score (nSPS) is 14.8. The highest BCUT2D eigenvalue weighted by atomic mass is 16.7. The highest BCUT2D eigenvalue weighted by Gasteiger charge is 2.53. The largest absolute Gasteiger partial charge is 0.684 e. The molecule has 0 fully saturated rings. The van der Waals surface area contributed by atoms with Gasteiger partial charge >= 0.3 is 13.4 Å². The van der Waals surface area contributed by atoms with Gasteiger partial charge in [-0.3, -0.25) is 0 Å². The summed E-state index contributed by atoms with van der Waals surface area (Å²) in [5.41, 5.74) is 4.41. The average molecular weight is 578 g/mol. The zero-order valence-corrected chi connectivity index (χ0v) is 24.7. The van der Waals surface area contributed by atoms with E-state index in [1.165, 1.54) is 11.1 Å². The maximum atomic E-state index is 6.31. The van der Waals surface area contributed by atoms with Crippen LogP contribution in [0, 0.1) is 13.8 Å². The molecule has 0 aliphatic carbocycles. The number of fused-ring (bicyclic) bond motifs is 2. The second-order valence-electron chi connectivity index (χ2n) is 11.2. The van der Waals surface area contributed by atoms with Crippen LogP contribution in [0.25, 0.3) is 0 Å². The molecule has 4 heterocycles. The molecule has 216 valence electrons. The van der Waals surface area contributed by atoms with Gasteiger partial charge in [-0.05, 0) is 60.2 Å². The molecule has 2 aromatic heterocycles. The SMILES string of the molecule is Cc1cc[n+]([B-]2(c3ccccc3)Oc3ccccc3O2)cc1.Cc1cc[n+]([B-]2(c3ccccc3)Oc3ccccc3O2)cc1. The lowest BCUT2D eigenvalue weighted by molar-refractivity contribution is -0.566. The van der Waals surface area contributed by atoms with Crippen molar-refractivity contribution in [2.75, 3.05) is 0 Å². The maximum Gasteiger partial charge on any atom is 0.684 e. The minimum Gasteiger partial charge on any atom is -0.616 e. The fraction of sp³-hybridized carbons (Fsp3) is 0.0556. The first-order chi connectivity index (χ1) is 21.6. The zero-order chi connectivity index (χ0) is 30.0. The molecule has 0 radical (unpaired) electrons. The van der Waals surface area contributed by atoms with Crippen LogP contribution in [0.5, 0.6) is 23.0 Å². The summed E-state index contributed by atoms with van der Waals surface area (Å²) in [5, 5.41) is 0. The highest BCUT2D eigenvalue weighted by molar-refractivity contribution is 6.76. The van der Waals surface area contributed by atoms with Gasteiger partial charge in [0.15, 0.2) is 0 Å². The smallest absolute Gasteiger partial charge is 0.616 e. The van der Waals surface area contributed by atoms with Crippen molar-refractivity contribution in [1.29, 1.82) is 0 Å². The van der Waals surface area contributed by atoms with Crippen molar-refractivity contribution in [3.63, 3.8) is 0 Å². The molecule has 0 spiro atoms. The molecule has 44 heavy (non-hydrogen) atoms. The summed E-state index contributed by atoms with van der Waals surface area (Å²) in [6.07, 6.45) is 8.03. The van der Waals surface area contributed by atoms with E-state index in [0.717, 1.165) is 33.9 Å². The van der Waals surface area contributed by atoms with E-state index < -0.39 is 13.4 Å². The first kappa shape index (κ1) is 27.3. The molecule has 8 rings (SSSR count).